The maximum absolute atomic E-state index is 13.5. The molecular weight excluding hydrogens is 455 g/mol. The molecule has 0 aliphatic carbocycles. The number of halogens is 3. The number of thioether (sulfide) groups is 1. The van der Waals surface area contributed by atoms with E-state index in [1.54, 1.807) is 29.2 Å². The van der Waals surface area contributed by atoms with Gasteiger partial charge in [-0.1, -0.05) is 23.9 Å². The SMILES string of the molecule is O=C(CN1CCN(C(=O)CSc2nc3ccccc3n2C(F)F)CC1)Nc1ccc(F)cc1. The van der Waals surface area contributed by atoms with Gasteiger partial charge in [-0.05, 0) is 36.4 Å². The van der Waals surface area contributed by atoms with E-state index in [4.69, 9.17) is 0 Å². The van der Waals surface area contributed by atoms with Gasteiger partial charge in [0.1, 0.15) is 5.82 Å². The fraction of sp³-hybridized carbons (Fsp3) is 0.318. The smallest absolute Gasteiger partial charge is 0.321 e. The van der Waals surface area contributed by atoms with Gasteiger partial charge in [0.15, 0.2) is 5.16 Å². The Kier molecular flexibility index (Phi) is 7.19. The van der Waals surface area contributed by atoms with Gasteiger partial charge in [-0.2, -0.15) is 8.78 Å². The predicted molar refractivity (Wildman–Crippen MR) is 120 cm³/mol. The second-order valence-corrected chi connectivity index (χ2v) is 8.47. The standard InChI is InChI=1S/C22H22F3N5O2S/c23-15-5-7-16(8-6-15)26-19(31)13-28-9-11-29(12-10-28)20(32)14-33-22-27-17-3-1-2-4-18(17)30(22)21(24)25/h1-8,21H,9-14H2,(H,26,31). The zero-order valence-corrected chi connectivity index (χ0v) is 18.4. The van der Waals surface area contributed by atoms with Gasteiger partial charge in [-0.3, -0.25) is 19.1 Å². The minimum absolute atomic E-state index is 0.00109. The number of hydrogen-bond acceptors (Lipinski definition) is 5. The number of benzene rings is 2. The molecule has 3 aromatic rings. The van der Waals surface area contributed by atoms with E-state index in [-0.39, 0.29) is 35.1 Å². The van der Waals surface area contributed by atoms with Gasteiger partial charge in [0.25, 0.3) is 0 Å². The molecule has 0 spiro atoms. The average molecular weight is 478 g/mol. The van der Waals surface area contributed by atoms with E-state index in [1.165, 1.54) is 24.3 Å². The summed E-state index contributed by atoms with van der Waals surface area (Å²) in [5.41, 5.74) is 1.30. The molecule has 0 radical (unpaired) electrons. The number of carbonyl (C=O) groups is 2. The quantitative estimate of drug-likeness (QED) is 0.528. The fourth-order valence-corrected chi connectivity index (χ4v) is 4.54. The number of para-hydroxylation sites is 2. The first-order chi connectivity index (χ1) is 15.9. The van der Waals surface area contributed by atoms with Crippen LogP contribution in [0, 0.1) is 5.82 Å². The summed E-state index contributed by atoms with van der Waals surface area (Å²) in [4.78, 5) is 32.6. The summed E-state index contributed by atoms with van der Waals surface area (Å²) in [6.07, 6.45) is 0. The van der Waals surface area contributed by atoms with Crippen LogP contribution in [0.15, 0.2) is 53.7 Å². The minimum atomic E-state index is -2.75. The Morgan fingerprint density at radius 2 is 1.73 bits per heavy atom. The normalized spacial score (nSPS) is 14.7. The Morgan fingerprint density at radius 1 is 1.03 bits per heavy atom. The van der Waals surface area contributed by atoms with E-state index in [0.717, 1.165) is 16.3 Å². The zero-order chi connectivity index (χ0) is 23.4. The second-order valence-electron chi connectivity index (χ2n) is 7.53. The summed E-state index contributed by atoms with van der Waals surface area (Å²) >= 11 is 0.993. The highest BCUT2D eigenvalue weighted by Gasteiger charge is 2.24. The van der Waals surface area contributed by atoms with Crippen LogP contribution in [-0.4, -0.2) is 69.6 Å². The van der Waals surface area contributed by atoms with Gasteiger partial charge in [0, 0.05) is 31.9 Å². The molecule has 0 saturated carbocycles. The highest BCUT2D eigenvalue weighted by atomic mass is 32.2. The first-order valence-corrected chi connectivity index (χ1v) is 11.3. The predicted octanol–water partition coefficient (Wildman–Crippen LogP) is 3.45. The molecule has 1 aliphatic rings. The van der Waals surface area contributed by atoms with Crippen LogP contribution in [-0.2, 0) is 9.59 Å². The summed E-state index contributed by atoms with van der Waals surface area (Å²) in [7, 11) is 0. The van der Waals surface area contributed by atoms with Crippen LogP contribution in [0.1, 0.15) is 6.55 Å². The third kappa shape index (κ3) is 5.66. The van der Waals surface area contributed by atoms with Crippen molar-refractivity contribution in [2.75, 3.05) is 43.8 Å². The lowest BCUT2D eigenvalue weighted by molar-refractivity contribution is -0.130. The third-order valence-electron chi connectivity index (χ3n) is 5.30. The molecule has 1 aromatic heterocycles. The number of piperazine rings is 1. The van der Waals surface area contributed by atoms with Crippen molar-refractivity contribution in [2.24, 2.45) is 0 Å². The Morgan fingerprint density at radius 3 is 2.42 bits per heavy atom. The van der Waals surface area contributed by atoms with Crippen molar-refractivity contribution in [3.63, 3.8) is 0 Å². The summed E-state index contributed by atoms with van der Waals surface area (Å²) < 4.78 is 40.9. The highest BCUT2D eigenvalue weighted by molar-refractivity contribution is 7.99. The largest absolute Gasteiger partial charge is 0.339 e. The molecule has 7 nitrogen and oxygen atoms in total. The lowest BCUT2D eigenvalue weighted by atomic mass is 10.3. The van der Waals surface area contributed by atoms with E-state index in [0.29, 0.717) is 42.9 Å². The molecule has 0 bridgehead atoms. The Bertz CT molecular complexity index is 1130. The number of nitrogens with one attached hydrogen (secondary N) is 1. The van der Waals surface area contributed by atoms with Crippen LogP contribution < -0.4 is 5.32 Å². The molecule has 1 fully saturated rings. The second kappa shape index (κ2) is 10.3. The van der Waals surface area contributed by atoms with E-state index in [2.05, 4.69) is 10.3 Å². The van der Waals surface area contributed by atoms with E-state index in [1.807, 2.05) is 4.90 Å². The van der Waals surface area contributed by atoms with Gasteiger partial charge in [-0.15, -0.1) is 0 Å². The summed E-state index contributed by atoms with van der Waals surface area (Å²) in [5, 5.41) is 2.82. The van der Waals surface area contributed by atoms with Crippen molar-refractivity contribution in [1.82, 2.24) is 19.4 Å². The number of aromatic nitrogens is 2. The zero-order valence-electron chi connectivity index (χ0n) is 17.6. The molecule has 1 aliphatic heterocycles. The molecule has 2 amide bonds. The van der Waals surface area contributed by atoms with Crippen molar-refractivity contribution in [3.8, 4) is 0 Å². The van der Waals surface area contributed by atoms with Crippen LogP contribution >= 0.6 is 11.8 Å². The van der Waals surface area contributed by atoms with E-state index < -0.39 is 6.55 Å². The van der Waals surface area contributed by atoms with Gasteiger partial charge >= 0.3 is 6.55 Å². The van der Waals surface area contributed by atoms with Crippen molar-refractivity contribution >= 4 is 40.3 Å². The number of alkyl halides is 2. The van der Waals surface area contributed by atoms with E-state index in [9.17, 15) is 22.8 Å². The fourth-order valence-electron chi connectivity index (χ4n) is 3.62. The molecule has 33 heavy (non-hydrogen) atoms. The van der Waals surface area contributed by atoms with Crippen molar-refractivity contribution in [2.45, 2.75) is 11.7 Å². The number of imidazole rings is 1. The number of hydrogen-bond donors (Lipinski definition) is 1. The molecular formula is C22H22F3N5O2S. The molecule has 2 heterocycles. The topological polar surface area (TPSA) is 70.5 Å². The first kappa shape index (κ1) is 23.1. The van der Waals surface area contributed by atoms with Crippen molar-refractivity contribution < 1.29 is 22.8 Å². The third-order valence-corrected chi connectivity index (χ3v) is 6.24. The van der Waals surface area contributed by atoms with Gasteiger partial charge in [0.05, 0.1) is 23.3 Å². The Balaban J connectivity index is 1.26. The van der Waals surface area contributed by atoms with Crippen LogP contribution in [0.5, 0.6) is 0 Å². The molecule has 0 atom stereocenters. The van der Waals surface area contributed by atoms with Crippen LogP contribution in [0.3, 0.4) is 0 Å². The Hall–Kier alpha value is -3.05. The summed E-state index contributed by atoms with van der Waals surface area (Å²) in [6.45, 7) is -0.680. The average Bonchev–Trinajstić information content (AvgIpc) is 3.18. The molecule has 4 rings (SSSR count). The highest BCUT2D eigenvalue weighted by Crippen LogP contribution is 2.29. The number of nitrogens with zero attached hydrogens (tertiary/aromatic N) is 4. The summed E-state index contributed by atoms with van der Waals surface area (Å²) in [5.74, 6) is -0.759. The van der Waals surface area contributed by atoms with Crippen molar-refractivity contribution in [1.29, 1.82) is 0 Å². The number of carbonyl (C=O) groups excluding carboxylic acids is 2. The first-order valence-electron chi connectivity index (χ1n) is 10.3. The lowest BCUT2D eigenvalue weighted by Crippen LogP contribution is -2.50. The van der Waals surface area contributed by atoms with Gasteiger partial charge in [0.2, 0.25) is 11.8 Å². The monoisotopic (exact) mass is 477 g/mol. The molecule has 174 valence electrons. The number of amides is 2. The summed E-state index contributed by atoms with van der Waals surface area (Å²) in [6, 6.07) is 12.2. The maximum atomic E-state index is 13.5. The molecule has 2 aromatic carbocycles. The number of fused-ring (bicyclic) bond motifs is 1. The van der Waals surface area contributed by atoms with Gasteiger partial charge in [-0.25, -0.2) is 9.37 Å². The van der Waals surface area contributed by atoms with Crippen molar-refractivity contribution in [3.05, 3.63) is 54.3 Å². The van der Waals surface area contributed by atoms with Crippen LogP contribution in [0.2, 0.25) is 0 Å². The minimum Gasteiger partial charge on any atom is -0.339 e. The molecule has 0 unspecified atom stereocenters. The Labute approximate surface area is 192 Å². The molecule has 11 heteroatoms. The lowest BCUT2D eigenvalue weighted by Gasteiger charge is -2.34. The number of rotatable bonds is 7. The van der Waals surface area contributed by atoms with E-state index >= 15 is 0 Å². The maximum Gasteiger partial charge on any atom is 0.321 e. The van der Waals surface area contributed by atoms with Crippen LogP contribution in [0.25, 0.3) is 11.0 Å². The molecule has 1 N–H and O–H groups in total. The van der Waals surface area contributed by atoms with Crippen LogP contribution in [0.4, 0.5) is 18.9 Å². The molecule has 1 saturated heterocycles. The number of anilines is 1. The van der Waals surface area contributed by atoms with Gasteiger partial charge < -0.3 is 10.2 Å².